The minimum atomic E-state index is -0.500. The third-order valence-corrected chi connectivity index (χ3v) is 2.55. The van der Waals surface area contributed by atoms with Crippen LogP contribution in [0.1, 0.15) is 0 Å². The second-order valence-electron chi connectivity index (χ2n) is 2.31. The van der Waals surface area contributed by atoms with Gasteiger partial charge in [-0.15, -0.1) is 0 Å². The van der Waals surface area contributed by atoms with Crippen LogP contribution >= 0.6 is 27.7 Å². The summed E-state index contributed by atoms with van der Waals surface area (Å²) in [6, 6.07) is 0. The van der Waals surface area contributed by atoms with Crippen molar-refractivity contribution in [3.05, 3.63) is 20.8 Å². The maximum absolute atomic E-state index is 10.4. The van der Waals surface area contributed by atoms with Crippen molar-refractivity contribution < 1.29 is 4.92 Å². The maximum Gasteiger partial charge on any atom is 0.404 e. The number of halogens is 1. The highest BCUT2D eigenvalue weighted by atomic mass is 79.9. The van der Waals surface area contributed by atoms with Crippen molar-refractivity contribution in [1.29, 1.82) is 0 Å². The molecule has 0 saturated carbocycles. The highest BCUT2D eigenvalue weighted by Gasteiger charge is 2.17. The van der Waals surface area contributed by atoms with Gasteiger partial charge in [-0.2, -0.15) is 16.4 Å². The van der Waals surface area contributed by atoms with Crippen molar-refractivity contribution in [2.45, 2.75) is 6.54 Å². The van der Waals surface area contributed by atoms with Gasteiger partial charge in [0.25, 0.3) is 0 Å². The van der Waals surface area contributed by atoms with Crippen LogP contribution in [0.4, 0.5) is 5.82 Å². The van der Waals surface area contributed by atoms with E-state index in [0.717, 1.165) is 5.75 Å². The zero-order valence-corrected chi connectivity index (χ0v) is 9.34. The number of hydrogen-bond acceptors (Lipinski definition) is 4. The number of aromatic nitrogens is 2. The predicted octanol–water partition coefficient (Wildman–Crippen LogP) is 1.92. The molecule has 1 heterocycles. The van der Waals surface area contributed by atoms with Crippen LogP contribution in [-0.4, -0.2) is 26.7 Å². The predicted molar refractivity (Wildman–Crippen MR) is 55.0 cm³/mol. The zero-order valence-electron chi connectivity index (χ0n) is 6.94. The molecule has 5 nitrogen and oxygen atoms in total. The quantitative estimate of drug-likeness (QED) is 0.617. The van der Waals surface area contributed by atoms with E-state index in [9.17, 15) is 10.1 Å². The Kier molecular flexibility index (Phi) is 3.73. The molecule has 0 aliphatic rings. The van der Waals surface area contributed by atoms with Gasteiger partial charge in [0.05, 0.1) is 17.8 Å². The van der Waals surface area contributed by atoms with Gasteiger partial charge in [-0.25, -0.2) is 0 Å². The molecule has 0 atom stereocenters. The van der Waals surface area contributed by atoms with E-state index in [1.54, 1.807) is 22.6 Å². The molecule has 0 bridgehead atoms. The minimum absolute atomic E-state index is 0.124. The molecule has 72 valence electrons. The molecule has 7 heteroatoms. The van der Waals surface area contributed by atoms with Gasteiger partial charge in [0.2, 0.25) is 0 Å². The normalized spacial score (nSPS) is 10.3. The summed E-state index contributed by atoms with van der Waals surface area (Å²) < 4.78 is 2.00. The second kappa shape index (κ2) is 4.61. The molecule has 1 rings (SSSR count). The van der Waals surface area contributed by atoms with Gasteiger partial charge in [-0.05, 0) is 27.1 Å². The molecule has 13 heavy (non-hydrogen) atoms. The van der Waals surface area contributed by atoms with Gasteiger partial charge < -0.3 is 10.1 Å². The molecule has 0 saturated heterocycles. The van der Waals surface area contributed by atoms with E-state index < -0.39 is 4.92 Å². The van der Waals surface area contributed by atoms with Gasteiger partial charge in [0.15, 0.2) is 0 Å². The van der Waals surface area contributed by atoms with Crippen LogP contribution in [-0.2, 0) is 6.54 Å². The van der Waals surface area contributed by atoms with Gasteiger partial charge in [0.1, 0.15) is 4.47 Å². The van der Waals surface area contributed by atoms with Crippen molar-refractivity contribution in [3.8, 4) is 0 Å². The van der Waals surface area contributed by atoms with Crippen LogP contribution in [0, 0.1) is 10.1 Å². The van der Waals surface area contributed by atoms with E-state index in [-0.39, 0.29) is 5.82 Å². The fraction of sp³-hybridized carbons (Fsp3) is 0.500. The Labute approximate surface area is 87.8 Å². The number of nitrogens with zero attached hydrogens (tertiary/aromatic N) is 3. The summed E-state index contributed by atoms with van der Waals surface area (Å²) in [4.78, 5) is 9.90. The summed E-state index contributed by atoms with van der Waals surface area (Å²) in [6.07, 6.45) is 3.60. The van der Waals surface area contributed by atoms with E-state index >= 15 is 0 Å². The van der Waals surface area contributed by atoms with Gasteiger partial charge in [-0.3, -0.25) is 0 Å². The van der Waals surface area contributed by atoms with E-state index in [1.807, 2.05) is 6.26 Å². The molecule has 0 unspecified atom stereocenters. The number of nitro groups is 1. The Morgan fingerprint density at radius 2 is 2.54 bits per heavy atom. The lowest BCUT2D eigenvalue weighted by molar-refractivity contribution is -0.390. The SMILES string of the molecule is CSCCn1cc(Br)c([N+](=O)[O-])n1. The Morgan fingerprint density at radius 1 is 1.85 bits per heavy atom. The first-order chi connectivity index (χ1) is 6.15. The van der Waals surface area contributed by atoms with Crippen LogP contribution in [0.3, 0.4) is 0 Å². The number of aryl methyl sites for hydroxylation is 1. The molecule has 0 aliphatic heterocycles. The van der Waals surface area contributed by atoms with E-state index in [2.05, 4.69) is 21.0 Å². The maximum atomic E-state index is 10.4. The Balaban J connectivity index is 2.76. The molecular weight excluding hydrogens is 258 g/mol. The minimum Gasteiger partial charge on any atom is -0.358 e. The number of thioether (sulfide) groups is 1. The molecule has 0 aromatic carbocycles. The van der Waals surface area contributed by atoms with Crippen LogP contribution in [0.15, 0.2) is 10.7 Å². The third-order valence-electron chi connectivity index (χ3n) is 1.40. The zero-order chi connectivity index (χ0) is 9.84. The summed E-state index contributed by atoms with van der Waals surface area (Å²) in [5.74, 6) is 0.770. The van der Waals surface area contributed by atoms with Crippen molar-refractivity contribution in [2.75, 3.05) is 12.0 Å². The molecule has 0 N–H and O–H groups in total. The smallest absolute Gasteiger partial charge is 0.358 e. The van der Waals surface area contributed by atoms with Gasteiger partial charge in [0, 0.05) is 5.75 Å². The fourth-order valence-corrected chi connectivity index (χ4v) is 1.64. The van der Waals surface area contributed by atoms with Crippen LogP contribution in [0.2, 0.25) is 0 Å². The average molecular weight is 266 g/mol. The highest BCUT2D eigenvalue weighted by molar-refractivity contribution is 9.10. The van der Waals surface area contributed by atoms with Crippen molar-refractivity contribution in [1.82, 2.24) is 9.78 Å². The Bertz CT molecular complexity index is 315. The molecule has 0 radical (unpaired) electrons. The lowest BCUT2D eigenvalue weighted by atomic mass is 10.6. The molecule has 0 amide bonds. The number of rotatable bonds is 4. The summed E-state index contributed by atoms with van der Waals surface area (Å²) >= 11 is 4.75. The number of hydrogen-bond donors (Lipinski definition) is 0. The van der Waals surface area contributed by atoms with Gasteiger partial charge in [-0.1, -0.05) is 0 Å². The fourth-order valence-electron chi connectivity index (χ4n) is 0.810. The first kappa shape index (κ1) is 10.5. The first-order valence-electron chi connectivity index (χ1n) is 3.51. The molecule has 0 aliphatic carbocycles. The van der Waals surface area contributed by atoms with Crippen molar-refractivity contribution in [3.63, 3.8) is 0 Å². The van der Waals surface area contributed by atoms with Crippen LogP contribution in [0.5, 0.6) is 0 Å². The third kappa shape index (κ3) is 2.70. The van der Waals surface area contributed by atoms with Crippen LogP contribution in [0.25, 0.3) is 0 Å². The molecule has 0 fully saturated rings. The van der Waals surface area contributed by atoms with Crippen molar-refractivity contribution in [2.24, 2.45) is 0 Å². The molecule has 1 aromatic rings. The summed E-state index contributed by atoms with van der Waals surface area (Å²) in [6.45, 7) is 0.688. The van der Waals surface area contributed by atoms with E-state index in [0.29, 0.717) is 11.0 Å². The molecule has 1 aromatic heterocycles. The molecular formula is C6H8BrN3O2S. The first-order valence-corrected chi connectivity index (χ1v) is 5.70. The standard InChI is InChI=1S/C6H8BrN3O2S/c1-13-3-2-9-4-5(7)6(8-9)10(11)12/h4H,2-3H2,1H3. The monoisotopic (exact) mass is 265 g/mol. The molecule has 0 spiro atoms. The Hall–Kier alpha value is -0.560. The topological polar surface area (TPSA) is 61.0 Å². The summed E-state index contributed by atoms with van der Waals surface area (Å²) in [5.41, 5.74) is 0. The average Bonchev–Trinajstić information content (AvgIpc) is 2.43. The lowest BCUT2D eigenvalue weighted by Crippen LogP contribution is -2.01. The second-order valence-corrected chi connectivity index (χ2v) is 4.15. The van der Waals surface area contributed by atoms with E-state index in [1.165, 1.54) is 0 Å². The lowest BCUT2D eigenvalue weighted by Gasteiger charge is -1.91. The van der Waals surface area contributed by atoms with E-state index in [4.69, 9.17) is 0 Å². The van der Waals surface area contributed by atoms with Crippen molar-refractivity contribution >= 4 is 33.5 Å². The highest BCUT2D eigenvalue weighted by Crippen LogP contribution is 2.21. The Morgan fingerprint density at radius 3 is 3.00 bits per heavy atom. The largest absolute Gasteiger partial charge is 0.404 e. The summed E-state index contributed by atoms with van der Waals surface area (Å²) in [7, 11) is 0. The van der Waals surface area contributed by atoms with Gasteiger partial charge >= 0.3 is 5.82 Å². The van der Waals surface area contributed by atoms with Crippen LogP contribution < -0.4 is 0 Å². The summed E-state index contributed by atoms with van der Waals surface area (Å²) in [5, 5.41) is 14.2.